The van der Waals surface area contributed by atoms with E-state index in [9.17, 15) is 4.79 Å². The molecule has 0 fully saturated rings. The number of nitrogens with one attached hydrogen (secondary N) is 1. The molecule has 0 aliphatic carbocycles. The van der Waals surface area contributed by atoms with E-state index in [1.807, 2.05) is 31.5 Å². The number of ether oxygens (including phenoxy) is 1. The minimum Gasteiger partial charge on any atom is -0.444 e. The summed E-state index contributed by atoms with van der Waals surface area (Å²) in [6.07, 6.45) is 1.95. The summed E-state index contributed by atoms with van der Waals surface area (Å²) < 4.78 is 7.17. The van der Waals surface area contributed by atoms with Gasteiger partial charge in [0.15, 0.2) is 0 Å². The first-order valence-electron chi connectivity index (χ1n) is 6.95. The second kappa shape index (κ2) is 6.74. The van der Waals surface area contributed by atoms with Crippen LogP contribution in [0, 0.1) is 0 Å². The van der Waals surface area contributed by atoms with Crippen molar-refractivity contribution in [2.75, 3.05) is 6.54 Å². The van der Waals surface area contributed by atoms with Crippen molar-refractivity contribution in [3.05, 3.63) is 18.0 Å². The van der Waals surface area contributed by atoms with Crippen molar-refractivity contribution in [2.24, 2.45) is 5.73 Å². The van der Waals surface area contributed by atoms with Crippen LogP contribution in [-0.4, -0.2) is 34.1 Å². The van der Waals surface area contributed by atoms with Gasteiger partial charge in [0.1, 0.15) is 5.60 Å². The van der Waals surface area contributed by atoms with Crippen molar-refractivity contribution < 1.29 is 9.53 Å². The molecule has 0 spiro atoms. The zero-order chi connectivity index (χ0) is 15.3. The molecule has 1 unspecified atom stereocenters. The predicted molar refractivity (Wildman–Crippen MR) is 78.5 cm³/mol. The summed E-state index contributed by atoms with van der Waals surface area (Å²) in [4.78, 5) is 11.8. The summed E-state index contributed by atoms with van der Waals surface area (Å²) in [5.41, 5.74) is 6.26. The molecule has 1 atom stereocenters. The van der Waals surface area contributed by atoms with Crippen molar-refractivity contribution in [3.63, 3.8) is 0 Å². The van der Waals surface area contributed by atoms with Crippen molar-refractivity contribution in [1.29, 1.82) is 0 Å². The number of hydrogen-bond acceptors (Lipinski definition) is 4. The summed E-state index contributed by atoms with van der Waals surface area (Å²) in [7, 11) is 0. The summed E-state index contributed by atoms with van der Waals surface area (Å²) in [5.74, 6) is 0. The summed E-state index contributed by atoms with van der Waals surface area (Å²) in [6, 6.07) is 2.05. The number of rotatable bonds is 5. The quantitative estimate of drug-likeness (QED) is 0.863. The Morgan fingerprint density at radius 3 is 2.65 bits per heavy atom. The Bertz CT molecular complexity index is 435. The number of nitrogens with zero attached hydrogens (tertiary/aromatic N) is 2. The van der Waals surface area contributed by atoms with Gasteiger partial charge in [-0.1, -0.05) is 0 Å². The van der Waals surface area contributed by atoms with Crippen LogP contribution in [0.4, 0.5) is 4.79 Å². The molecule has 0 saturated carbocycles. The largest absolute Gasteiger partial charge is 0.444 e. The number of nitrogens with two attached hydrogens (primary N) is 1. The lowest BCUT2D eigenvalue weighted by Gasteiger charge is -2.23. The van der Waals surface area contributed by atoms with E-state index in [0.29, 0.717) is 13.0 Å². The second-order valence-corrected chi connectivity index (χ2v) is 6.14. The Kier molecular flexibility index (Phi) is 5.56. The lowest BCUT2D eigenvalue weighted by molar-refractivity contribution is 0.0505. The van der Waals surface area contributed by atoms with Crippen molar-refractivity contribution >= 4 is 6.09 Å². The third-order valence-electron chi connectivity index (χ3n) is 2.70. The first kappa shape index (κ1) is 16.5. The molecule has 0 aliphatic rings. The fraction of sp³-hybridized carbons (Fsp3) is 0.714. The molecule has 0 saturated heterocycles. The Morgan fingerprint density at radius 2 is 2.15 bits per heavy atom. The normalized spacial score (nSPS) is 13.3. The van der Waals surface area contributed by atoms with Crippen LogP contribution in [0.2, 0.25) is 0 Å². The van der Waals surface area contributed by atoms with E-state index in [2.05, 4.69) is 24.3 Å². The van der Waals surface area contributed by atoms with Gasteiger partial charge in [-0.05, 0) is 40.7 Å². The monoisotopic (exact) mass is 282 g/mol. The molecule has 6 heteroatoms. The van der Waals surface area contributed by atoms with Crippen molar-refractivity contribution in [2.45, 2.75) is 58.7 Å². The van der Waals surface area contributed by atoms with E-state index in [0.717, 1.165) is 5.69 Å². The molecule has 1 rings (SSSR count). The molecule has 0 aromatic carbocycles. The molecule has 0 aliphatic heterocycles. The fourth-order valence-electron chi connectivity index (χ4n) is 1.89. The van der Waals surface area contributed by atoms with Gasteiger partial charge in [0.05, 0.1) is 0 Å². The lowest BCUT2D eigenvalue weighted by Crippen LogP contribution is -2.44. The molecule has 3 N–H and O–H groups in total. The van der Waals surface area contributed by atoms with Crippen LogP contribution in [0.3, 0.4) is 0 Å². The van der Waals surface area contributed by atoms with Gasteiger partial charge in [-0.25, -0.2) is 4.79 Å². The van der Waals surface area contributed by atoms with Crippen molar-refractivity contribution in [3.8, 4) is 0 Å². The van der Waals surface area contributed by atoms with E-state index < -0.39 is 11.7 Å². The molecule has 6 nitrogen and oxygen atoms in total. The lowest BCUT2D eigenvalue weighted by atomic mass is 10.1. The maximum Gasteiger partial charge on any atom is 0.407 e. The number of carbonyl (C=O) groups is 1. The Balaban J connectivity index is 2.63. The molecule has 1 amide bonds. The highest BCUT2D eigenvalue weighted by molar-refractivity contribution is 5.68. The molecule has 1 heterocycles. The number of aromatic nitrogens is 2. The van der Waals surface area contributed by atoms with Gasteiger partial charge < -0.3 is 15.8 Å². The fourth-order valence-corrected chi connectivity index (χ4v) is 1.89. The van der Waals surface area contributed by atoms with Gasteiger partial charge in [0.2, 0.25) is 0 Å². The van der Waals surface area contributed by atoms with Crippen molar-refractivity contribution in [1.82, 2.24) is 15.1 Å². The Labute approximate surface area is 120 Å². The maximum absolute atomic E-state index is 11.8. The minimum absolute atomic E-state index is 0.168. The van der Waals surface area contributed by atoms with Crippen LogP contribution >= 0.6 is 0 Å². The summed E-state index contributed by atoms with van der Waals surface area (Å²) >= 11 is 0. The van der Waals surface area contributed by atoms with E-state index in [1.165, 1.54) is 0 Å². The van der Waals surface area contributed by atoms with Crippen LogP contribution < -0.4 is 11.1 Å². The van der Waals surface area contributed by atoms with Gasteiger partial charge in [-0.15, -0.1) is 0 Å². The van der Waals surface area contributed by atoms with Gasteiger partial charge in [0, 0.05) is 36.9 Å². The number of alkyl carbamates (subject to hydrolysis) is 1. The van der Waals surface area contributed by atoms with Gasteiger partial charge in [0.25, 0.3) is 0 Å². The second-order valence-electron chi connectivity index (χ2n) is 6.14. The van der Waals surface area contributed by atoms with E-state index >= 15 is 0 Å². The SMILES string of the molecule is CC(C)n1nccc1CC(CN)NC(=O)OC(C)(C)C. The summed E-state index contributed by atoms with van der Waals surface area (Å²) in [5, 5.41) is 7.07. The third-order valence-corrected chi connectivity index (χ3v) is 2.70. The first-order chi connectivity index (χ1) is 9.23. The molecule has 1 aromatic heterocycles. The van der Waals surface area contributed by atoms with Gasteiger partial charge in [-0.2, -0.15) is 5.10 Å². The highest BCUT2D eigenvalue weighted by atomic mass is 16.6. The van der Waals surface area contributed by atoms with Crippen LogP contribution in [0.15, 0.2) is 12.3 Å². The number of carbonyl (C=O) groups excluding carboxylic acids is 1. The molecular formula is C14H26N4O2. The molecule has 0 bridgehead atoms. The highest BCUT2D eigenvalue weighted by Gasteiger charge is 2.20. The Hall–Kier alpha value is -1.56. The summed E-state index contributed by atoms with van der Waals surface area (Å²) in [6.45, 7) is 9.97. The predicted octanol–water partition coefficient (Wildman–Crippen LogP) is 1.86. The van der Waals surface area contributed by atoms with Crippen LogP contribution in [0.1, 0.15) is 46.4 Å². The minimum atomic E-state index is -0.511. The van der Waals surface area contributed by atoms with Crippen LogP contribution in [-0.2, 0) is 11.2 Å². The van der Waals surface area contributed by atoms with Crippen LogP contribution in [0.5, 0.6) is 0 Å². The number of amides is 1. The van der Waals surface area contributed by atoms with Crippen LogP contribution in [0.25, 0.3) is 0 Å². The molecule has 1 aromatic rings. The first-order valence-corrected chi connectivity index (χ1v) is 6.95. The average molecular weight is 282 g/mol. The molecular weight excluding hydrogens is 256 g/mol. The Morgan fingerprint density at radius 1 is 1.50 bits per heavy atom. The van der Waals surface area contributed by atoms with E-state index in [1.54, 1.807) is 6.20 Å². The molecule has 20 heavy (non-hydrogen) atoms. The zero-order valence-corrected chi connectivity index (χ0v) is 13.0. The molecule has 114 valence electrons. The standard InChI is InChI=1S/C14H26N4O2/c1-10(2)18-12(6-7-16-18)8-11(9-15)17-13(19)20-14(3,4)5/h6-7,10-11H,8-9,15H2,1-5H3,(H,17,19). The topological polar surface area (TPSA) is 82.2 Å². The van der Waals surface area contributed by atoms with Gasteiger partial charge >= 0.3 is 6.09 Å². The smallest absolute Gasteiger partial charge is 0.407 e. The highest BCUT2D eigenvalue weighted by Crippen LogP contribution is 2.11. The zero-order valence-electron chi connectivity index (χ0n) is 13.0. The van der Waals surface area contributed by atoms with E-state index in [-0.39, 0.29) is 12.1 Å². The van der Waals surface area contributed by atoms with E-state index in [4.69, 9.17) is 10.5 Å². The third kappa shape index (κ3) is 5.21. The maximum atomic E-state index is 11.8. The molecule has 0 radical (unpaired) electrons. The van der Waals surface area contributed by atoms with Gasteiger partial charge in [-0.3, -0.25) is 4.68 Å². The average Bonchev–Trinajstić information content (AvgIpc) is 2.73. The number of hydrogen-bond donors (Lipinski definition) is 2.